The van der Waals surface area contributed by atoms with E-state index in [1.807, 2.05) is 48.0 Å². The topological polar surface area (TPSA) is 79.2 Å². The van der Waals surface area contributed by atoms with Gasteiger partial charge in [0.2, 0.25) is 5.91 Å². The number of anilines is 1. The van der Waals surface area contributed by atoms with E-state index in [0.29, 0.717) is 13.1 Å². The Hall–Kier alpha value is -2.91. The molecule has 0 bridgehead atoms. The van der Waals surface area contributed by atoms with Crippen LogP contribution in [-0.2, 0) is 17.9 Å². The molecule has 3 aromatic rings. The molecule has 1 aliphatic rings. The molecule has 0 spiro atoms. The molecule has 8 nitrogen and oxygen atoms in total. The van der Waals surface area contributed by atoms with E-state index in [0.717, 1.165) is 48.5 Å². The molecule has 1 N–H and O–H groups in total. The lowest BCUT2D eigenvalue weighted by atomic mass is 10.2. The Morgan fingerprint density at radius 1 is 1.06 bits per heavy atom. The normalized spacial score (nSPS) is 14.5. The Labute approximate surface area is 193 Å². The fourth-order valence-electron chi connectivity index (χ4n) is 3.66. The third-order valence-electron chi connectivity index (χ3n) is 5.56. The van der Waals surface area contributed by atoms with Gasteiger partial charge in [-0.15, -0.1) is 10.2 Å². The zero-order valence-electron chi connectivity index (χ0n) is 18.6. The van der Waals surface area contributed by atoms with Crippen LogP contribution < -0.4 is 10.2 Å². The van der Waals surface area contributed by atoms with Gasteiger partial charge in [-0.3, -0.25) is 4.79 Å². The van der Waals surface area contributed by atoms with E-state index >= 15 is 0 Å². The third kappa shape index (κ3) is 5.66. The molecule has 1 saturated heterocycles. The minimum atomic E-state index is -0.0323. The fourth-order valence-corrected chi connectivity index (χ4v) is 4.48. The van der Waals surface area contributed by atoms with Crippen LogP contribution in [0.1, 0.15) is 17.0 Å². The van der Waals surface area contributed by atoms with Crippen molar-refractivity contribution in [3.05, 3.63) is 65.6 Å². The summed E-state index contributed by atoms with van der Waals surface area (Å²) in [5.41, 5.74) is 2.22. The zero-order chi connectivity index (χ0) is 22.3. The van der Waals surface area contributed by atoms with Gasteiger partial charge >= 0.3 is 0 Å². The van der Waals surface area contributed by atoms with E-state index in [4.69, 9.17) is 0 Å². The first-order chi connectivity index (χ1) is 15.6. The van der Waals surface area contributed by atoms with Crippen molar-refractivity contribution in [1.82, 2.24) is 30.0 Å². The van der Waals surface area contributed by atoms with Crippen LogP contribution in [0.4, 0.5) is 5.82 Å². The summed E-state index contributed by atoms with van der Waals surface area (Å²) in [6.07, 6.45) is 1.82. The van der Waals surface area contributed by atoms with Gasteiger partial charge in [0.1, 0.15) is 11.6 Å². The second-order valence-electron chi connectivity index (χ2n) is 7.94. The number of likely N-dealkylation sites (N-methyl/N-ethyl adjacent to an activating group) is 1. The number of piperazine rings is 1. The molecule has 0 saturated carbocycles. The number of nitrogens with one attached hydrogen (secondary N) is 1. The average Bonchev–Trinajstić information content (AvgIpc) is 3.17. The summed E-state index contributed by atoms with van der Waals surface area (Å²) in [5, 5.41) is 12.2. The highest BCUT2D eigenvalue weighted by Crippen LogP contribution is 2.20. The van der Waals surface area contributed by atoms with Crippen molar-refractivity contribution < 1.29 is 4.79 Å². The highest BCUT2D eigenvalue weighted by Gasteiger charge is 2.18. The second kappa shape index (κ2) is 10.6. The van der Waals surface area contributed by atoms with Crippen molar-refractivity contribution in [3.63, 3.8) is 0 Å². The monoisotopic (exact) mass is 451 g/mol. The van der Waals surface area contributed by atoms with E-state index < -0.39 is 0 Å². The molecule has 1 aliphatic heterocycles. The number of carbonyl (C=O) groups is 1. The highest BCUT2D eigenvalue weighted by molar-refractivity contribution is 7.99. The van der Waals surface area contributed by atoms with Crippen molar-refractivity contribution in [1.29, 1.82) is 0 Å². The predicted molar refractivity (Wildman–Crippen MR) is 127 cm³/mol. The Morgan fingerprint density at radius 2 is 1.84 bits per heavy atom. The highest BCUT2D eigenvalue weighted by atomic mass is 32.2. The quantitative estimate of drug-likeness (QED) is 0.526. The summed E-state index contributed by atoms with van der Waals surface area (Å²) < 4.78 is 2.04. The average molecular weight is 452 g/mol. The number of benzene rings is 1. The molecule has 9 heteroatoms. The van der Waals surface area contributed by atoms with Crippen LogP contribution in [0.3, 0.4) is 0 Å². The lowest BCUT2D eigenvalue weighted by molar-refractivity contribution is -0.118. The third-order valence-corrected chi connectivity index (χ3v) is 6.53. The van der Waals surface area contributed by atoms with Gasteiger partial charge in [0, 0.05) is 44.5 Å². The SMILES string of the molecule is Cc1nnc(SCC(=O)NCc2cccnc2N2CCN(C)CC2)n1Cc1ccccc1. The number of hydrogen-bond acceptors (Lipinski definition) is 7. The largest absolute Gasteiger partial charge is 0.354 e. The molecule has 3 heterocycles. The molecule has 1 amide bonds. The van der Waals surface area contributed by atoms with E-state index in [-0.39, 0.29) is 11.7 Å². The van der Waals surface area contributed by atoms with Crippen molar-refractivity contribution in [2.75, 3.05) is 43.9 Å². The van der Waals surface area contributed by atoms with Gasteiger partial charge in [-0.25, -0.2) is 4.98 Å². The first-order valence-electron chi connectivity index (χ1n) is 10.8. The van der Waals surface area contributed by atoms with Gasteiger partial charge in [0.25, 0.3) is 0 Å². The van der Waals surface area contributed by atoms with Crippen molar-refractivity contribution in [3.8, 4) is 0 Å². The van der Waals surface area contributed by atoms with Crippen LogP contribution in [-0.4, -0.2) is 69.5 Å². The predicted octanol–water partition coefficient (Wildman–Crippen LogP) is 2.19. The van der Waals surface area contributed by atoms with Crippen LogP contribution >= 0.6 is 11.8 Å². The maximum Gasteiger partial charge on any atom is 0.230 e. The lowest BCUT2D eigenvalue weighted by Crippen LogP contribution is -2.45. The Balaban J connectivity index is 1.32. The minimum Gasteiger partial charge on any atom is -0.354 e. The molecule has 0 radical (unpaired) electrons. The lowest BCUT2D eigenvalue weighted by Gasteiger charge is -2.34. The number of hydrogen-bond donors (Lipinski definition) is 1. The molecule has 32 heavy (non-hydrogen) atoms. The van der Waals surface area contributed by atoms with Gasteiger partial charge in [-0.05, 0) is 25.6 Å². The number of amides is 1. The smallest absolute Gasteiger partial charge is 0.230 e. The molecule has 0 atom stereocenters. The van der Waals surface area contributed by atoms with Crippen LogP contribution in [0.2, 0.25) is 0 Å². The molecular formula is C23H29N7OS. The van der Waals surface area contributed by atoms with Gasteiger partial charge in [-0.2, -0.15) is 0 Å². The maximum atomic E-state index is 12.6. The Kier molecular flexibility index (Phi) is 7.39. The molecule has 0 aliphatic carbocycles. The molecule has 1 fully saturated rings. The van der Waals surface area contributed by atoms with Crippen LogP contribution in [0.25, 0.3) is 0 Å². The molecule has 2 aromatic heterocycles. The summed E-state index contributed by atoms with van der Waals surface area (Å²) in [6.45, 7) is 7.01. The maximum absolute atomic E-state index is 12.6. The van der Waals surface area contributed by atoms with Crippen molar-refractivity contribution in [2.24, 2.45) is 0 Å². The van der Waals surface area contributed by atoms with E-state index in [1.165, 1.54) is 17.3 Å². The van der Waals surface area contributed by atoms with Crippen LogP contribution in [0.5, 0.6) is 0 Å². The fraction of sp³-hybridized carbons (Fsp3) is 0.391. The van der Waals surface area contributed by atoms with E-state index in [1.54, 1.807) is 0 Å². The molecule has 0 unspecified atom stereocenters. The van der Waals surface area contributed by atoms with E-state index in [9.17, 15) is 4.79 Å². The summed E-state index contributed by atoms with van der Waals surface area (Å²) in [5.74, 6) is 2.06. The molecule has 1 aromatic carbocycles. The summed E-state index contributed by atoms with van der Waals surface area (Å²) in [4.78, 5) is 21.8. The number of nitrogens with zero attached hydrogens (tertiary/aromatic N) is 6. The van der Waals surface area contributed by atoms with Crippen LogP contribution in [0.15, 0.2) is 53.8 Å². The van der Waals surface area contributed by atoms with E-state index in [2.05, 4.69) is 49.5 Å². The van der Waals surface area contributed by atoms with Gasteiger partial charge in [0.05, 0.1) is 12.3 Å². The zero-order valence-corrected chi connectivity index (χ0v) is 19.4. The Morgan fingerprint density at radius 3 is 2.62 bits per heavy atom. The number of rotatable bonds is 8. The first-order valence-corrected chi connectivity index (χ1v) is 11.8. The van der Waals surface area contributed by atoms with Gasteiger partial charge in [-0.1, -0.05) is 48.2 Å². The number of aryl methyl sites for hydroxylation is 1. The number of pyridine rings is 1. The summed E-state index contributed by atoms with van der Waals surface area (Å²) in [7, 11) is 2.14. The molecule has 4 rings (SSSR count). The standard InChI is InChI=1S/C23H29N7OS/c1-18-26-27-23(30(18)16-19-7-4-3-5-8-19)32-17-21(31)25-15-20-9-6-10-24-22(20)29-13-11-28(2)12-14-29/h3-10H,11-17H2,1-2H3,(H,25,31). The molecular weight excluding hydrogens is 422 g/mol. The van der Waals surface area contributed by atoms with Gasteiger partial charge in [0.15, 0.2) is 5.16 Å². The number of thioether (sulfide) groups is 1. The van der Waals surface area contributed by atoms with Crippen molar-refractivity contribution in [2.45, 2.75) is 25.2 Å². The summed E-state index contributed by atoms with van der Waals surface area (Å²) >= 11 is 1.41. The number of aromatic nitrogens is 4. The summed E-state index contributed by atoms with van der Waals surface area (Å²) in [6, 6.07) is 14.1. The molecule has 168 valence electrons. The van der Waals surface area contributed by atoms with Gasteiger partial charge < -0.3 is 19.7 Å². The second-order valence-corrected chi connectivity index (χ2v) is 8.89. The minimum absolute atomic E-state index is 0.0323. The first kappa shape index (κ1) is 22.3. The van der Waals surface area contributed by atoms with Crippen LogP contribution in [0, 0.1) is 6.92 Å². The van der Waals surface area contributed by atoms with Crippen molar-refractivity contribution >= 4 is 23.5 Å². The Bertz CT molecular complexity index is 1030. The number of carbonyl (C=O) groups excluding carboxylic acids is 1.